The lowest BCUT2D eigenvalue weighted by atomic mass is 10.1. The van der Waals surface area contributed by atoms with Crippen LogP contribution in [-0.4, -0.2) is 16.0 Å². The SMILES string of the molecule is Cc1ccc(C)c(NC(=O)c2cc(C)nc3onc(C)c23)c1. The standard InChI is InChI=1S/C17H17N3O2/c1-9-5-6-10(2)14(7-9)19-16(21)13-8-11(3)18-17-15(13)12(4)20-22-17/h5-8H,1-4H3,(H,19,21). The number of rotatable bonds is 2. The van der Waals surface area contributed by atoms with Gasteiger partial charge in [0.1, 0.15) is 0 Å². The Kier molecular flexibility index (Phi) is 3.41. The Bertz CT molecular complexity index is 881. The maximum absolute atomic E-state index is 12.7. The molecule has 22 heavy (non-hydrogen) atoms. The van der Waals surface area contributed by atoms with Gasteiger partial charge in [0.05, 0.1) is 16.6 Å². The average Bonchev–Trinajstić information content (AvgIpc) is 2.83. The monoisotopic (exact) mass is 295 g/mol. The van der Waals surface area contributed by atoms with E-state index in [0.29, 0.717) is 22.4 Å². The van der Waals surface area contributed by atoms with E-state index in [2.05, 4.69) is 15.5 Å². The lowest BCUT2D eigenvalue weighted by molar-refractivity contribution is 0.102. The van der Waals surface area contributed by atoms with Crippen LogP contribution >= 0.6 is 0 Å². The van der Waals surface area contributed by atoms with Crippen molar-refractivity contribution in [3.8, 4) is 0 Å². The molecular weight excluding hydrogens is 278 g/mol. The predicted molar refractivity (Wildman–Crippen MR) is 85.1 cm³/mol. The molecule has 0 atom stereocenters. The van der Waals surface area contributed by atoms with Gasteiger partial charge in [0.2, 0.25) is 0 Å². The molecule has 0 aliphatic carbocycles. The van der Waals surface area contributed by atoms with E-state index in [1.54, 1.807) is 13.0 Å². The molecule has 0 saturated heterocycles. The van der Waals surface area contributed by atoms with Crippen LogP contribution in [0.15, 0.2) is 28.8 Å². The molecule has 2 aromatic heterocycles. The lowest BCUT2D eigenvalue weighted by Gasteiger charge is -2.10. The fourth-order valence-corrected chi connectivity index (χ4v) is 2.46. The molecule has 1 N–H and O–H groups in total. The number of aryl methyl sites for hydroxylation is 4. The number of hydrogen-bond acceptors (Lipinski definition) is 4. The quantitative estimate of drug-likeness (QED) is 0.782. The third-order valence-corrected chi connectivity index (χ3v) is 3.63. The zero-order valence-corrected chi connectivity index (χ0v) is 13.0. The summed E-state index contributed by atoms with van der Waals surface area (Å²) in [5, 5.41) is 7.53. The van der Waals surface area contributed by atoms with Gasteiger partial charge in [-0.15, -0.1) is 0 Å². The second kappa shape index (κ2) is 5.26. The highest BCUT2D eigenvalue weighted by molar-refractivity contribution is 6.12. The molecule has 0 fully saturated rings. The van der Waals surface area contributed by atoms with Crippen molar-refractivity contribution in [2.24, 2.45) is 0 Å². The number of amides is 1. The molecule has 0 saturated carbocycles. The molecule has 1 amide bonds. The number of nitrogens with one attached hydrogen (secondary N) is 1. The summed E-state index contributed by atoms with van der Waals surface area (Å²) in [4.78, 5) is 17.0. The third-order valence-electron chi connectivity index (χ3n) is 3.63. The zero-order chi connectivity index (χ0) is 15.9. The first-order valence-electron chi connectivity index (χ1n) is 7.08. The van der Waals surface area contributed by atoms with E-state index in [-0.39, 0.29) is 5.91 Å². The topological polar surface area (TPSA) is 68.0 Å². The van der Waals surface area contributed by atoms with Crippen LogP contribution in [0.2, 0.25) is 0 Å². The van der Waals surface area contributed by atoms with Crippen molar-refractivity contribution in [2.45, 2.75) is 27.7 Å². The first-order chi connectivity index (χ1) is 10.5. The highest BCUT2D eigenvalue weighted by Crippen LogP contribution is 2.24. The number of benzene rings is 1. The molecule has 0 bridgehead atoms. The lowest BCUT2D eigenvalue weighted by Crippen LogP contribution is -2.14. The molecule has 0 spiro atoms. The van der Waals surface area contributed by atoms with Gasteiger partial charge in [0.15, 0.2) is 0 Å². The molecule has 1 aromatic carbocycles. The van der Waals surface area contributed by atoms with Gasteiger partial charge in [-0.05, 0) is 51.0 Å². The van der Waals surface area contributed by atoms with Crippen molar-refractivity contribution >= 4 is 22.7 Å². The molecular formula is C17H17N3O2. The Morgan fingerprint density at radius 1 is 1.14 bits per heavy atom. The highest BCUT2D eigenvalue weighted by atomic mass is 16.5. The fourth-order valence-electron chi connectivity index (χ4n) is 2.46. The predicted octanol–water partition coefficient (Wildman–Crippen LogP) is 3.71. The van der Waals surface area contributed by atoms with Crippen molar-refractivity contribution in [1.82, 2.24) is 10.1 Å². The van der Waals surface area contributed by atoms with Crippen LogP contribution in [0.3, 0.4) is 0 Å². The smallest absolute Gasteiger partial charge is 0.258 e. The Hall–Kier alpha value is -2.69. The summed E-state index contributed by atoms with van der Waals surface area (Å²) in [6, 6.07) is 7.72. The van der Waals surface area contributed by atoms with Gasteiger partial charge in [0, 0.05) is 11.4 Å². The van der Waals surface area contributed by atoms with Crippen LogP contribution in [0.25, 0.3) is 11.1 Å². The maximum Gasteiger partial charge on any atom is 0.258 e. The minimum Gasteiger partial charge on any atom is -0.336 e. The molecule has 5 nitrogen and oxygen atoms in total. The van der Waals surface area contributed by atoms with Crippen LogP contribution in [0.4, 0.5) is 5.69 Å². The second-order valence-corrected chi connectivity index (χ2v) is 5.53. The minimum atomic E-state index is -0.185. The molecule has 0 aliphatic heterocycles. The fraction of sp³-hybridized carbons (Fsp3) is 0.235. The Balaban J connectivity index is 2.05. The van der Waals surface area contributed by atoms with E-state index in [9.17, 15) is 4.79 Å². The Morgan fingerprint density at radius 2 is 1.91 bits per heavy atom. The van der Waals surface area contributed by atoms with Crippen molar-refractivity contribution in [3.63, 3.8) is 0 Å². The summed E-state index contributed by atoms with van der Waals surface area (Å²) in [6.07, 6.45) is 0. The van der Waals surface area contributed by atoms with Crippen LogP contribution in [0, 0.1) is 27.7 Å². The number of nitrogens with zero attached hydrogens (tertiary/aromatic N) is 2. The summed E-state index contributed by atoms with van der Waals surface area (Å²) in [7, 11) is 0. The van der Waals surface area contributed by atoms with E-state index in [0.717, 1.165) is 22.5 Å². The molecule has 3 aromatic rings. The zero-order valence-electron chi connectivity index (χ0n) is 13.0. The van der Waals surface area contributed by atoms with Crippen molar-refractivity contribution in [1.29, 1.82) is 0 Å². The molecule has 0 aliphatic rings. The maximum atomic E-state index is 12.7. The average molecular weight is 295 g/mol. The van der Waals surface area contributed by atoms with E-state index < -0.39 is 0 Å². The number of carbonyl (C=O) groups excluding carboxylic acids is 1. The normalized spacial score (nSPS) is 10.9. The number of carbonyl (C=O) groups is 1. The highest BCUT2D eigenvalue weighted by Gasteiger charge is 2.18. The van der Waals surface area contributed by atoms with E-state index in [4.69, 9.17) is 4.52 Å². The van der Waals surface area contributed by atoms with Gasteiger partial charge in [-0.2, -0.15) is 0 Å². The van der Waals surface area contributed by atoms with Gasteiger partial charge >= 0.3 is 0 Å². The van der Waals surface area contributed by atoms with Gasteiger partial charge < -0.3 is 9.84 Å². The number of hydrogen-bond donors (Lipinski definition) is 1. The van der Waals surface area contributed by atoms with Crippen LogP contribution in [0.1, 0.15) is 32.9 Å². The van der Waals surface area contributed by atoms with Crippen molar-refractivity contribution in [3.05, 3.63) is 52.3 Å². The largest absolute Gasteiger partial charge is 0.336 e. The molecule has 0 radical (unpaired) electrons. The summed E-state index contributed by atoms with van der Waals surface area (Å²) >= 11 is 0. The van der Waals surface area contributed by atoms with Gasteiger partial charge in [-0.25, -0.2) is 4.98 Å². The Labute approximate surface area is 128 Å². The van der Waals surface area contributed by atoms with Crippen molar-refractivity contribution in [2.75, 3.05) is 5.32 Å². The van der Waals surface area contributed by atoms with Gasteiger partial charge in [0.25, 0.3) is 11.6 Å². The Morgan fingerprint density at radius 3 is 2.68 bits per heavy atom. The third kappa shape index (κ3) is 2.45. The minimum absolute atomic E-state index is 0.185. The summed E-state index contributed by atoms with van der Waals surface area (Å²) < 4.78 is 5.17. The summed E-state index contributed by atoms with van der Waals surface area (Å²) in [5.41, 5.74) is 5.22. The number of pyridine rings is 1. The molecule has 2 heterocycles. The first kappa shape index (κ1) is 14.3. The molecule has 5 heteroatoms. The van der Waals surface area contributed by atoms with Gasteiger partial charge in [-0.3, -0.25) is 4.79 Å². The molecule has 0 unspecified atom stereocenters. The van der Waals surface area contributed by atoms with E-state index >= 15 is 0 Å². The van der Waals surface area contributed by atoms with Crippen LogP contribution < -0.4 is 5.32 Å². The summed E-state index contributed by atoms with van der Waals surface area (Å²) in [5.74, 6) is -0.185. The van der Waals surface area contributed by atoms with E-state index in [1.807, 2.05) is 39.0 Å². The van der Waals surface area contributed by atoms with Crippen molar-refractivity contribution < 1.29 is 9.32 Å². The van der Waals surface area contributed by atoms with Crippen LogP contribution in [-0.2, 0) is 0 Å². The number of fused-ring (bicyclic) bond motifs is 1. The summed E-state index contributed by atoms with van der Waals surface area (Å²) in [6.45, 7) is 7.59. The second-order valence-electron chi connectivity index (χ2n) is 5.53. The first-order valence-corrected chi connectivity index (χ1v) is 7.08. The van der Waals surface area contributed by atoms with Gasteiger partial charge in [-0.1, -0.05) is 17.3 Å². The number of anilines is 1. The number of aromatic nitrogens is 2. The molecule has 3 rings (SSSR count). The van der Waals surface area contributed by atoms with E-state index in [1.165, 1.54) is 0 Å². The molecule has 112 valence electrons. The van der Waals surface area contributed by atoms with Crippen LogP contribution in [0.5, 0.6) is 0 Å².